The van der Waals surface area contributed by atoms with Gasteiger partial charge < -0.3 is 24.1 Å². The van der Waals surface area contributed by atoms with Crippen molar-refractivity contribution in [1.29, 1.82) is 0 Å². The third-order valence-electron chi connectivity index (χ3n) is 11.5. The summed E-state index contributed by atoms with van der Waals surface area (Å²) in [7, 11) is 0. The normalized spacial score (nSPS) is 38.4. The third-order valence-corrected chi connectivity index (χ3v) is 11.5. The summed E-state index contributed by atoms with van der Waals surface area (Å²) in [5.74, 6) is -0.678. The van der Waals surface area contributed by atoms with E-state index in [1.807, 2.05) is 6.08 Å². The van der Waals surface area contributed by atoms with E-state index in [9.17, 15) is 24.3 Å². The van der Waals surface area contributed by atoms with Gasteiger partial charge in [0.15, 0.2) is 0 Å². The lowest BCUT2D eigenvalue weighted by Gasteiger charge is -2.61. The predicted molar refractivity (Wildman–Crippen MR) is 163 cm³/mol. The van der Waals surface area contributed by atoms with E-state index in [0.29, 0.717) is 17.8 Å². The fraction of sp³-hybridized carbons (Fsp3) is 0.829. The van der Waals surface area contributed by atoms with Crippen molar-refractivity contribution in [2.45, 2.75) is 131 Å². The number of esters is 4. The minimum atomic E-state index is -0.935. The smallest absolute Gasteiger partial charge is 0.303 e. The van der Waals surface area contributed by atoms with Gasteiger partial charge in [-0.2, -0.15) is 0 Å². The Morgan fingerprint density at radius 3 is 2.16 bits per heavy atom. The van der Waals surface area contributed by atoms with Crippen LogP contribution in [-0.2, 0) is 38.1 Å². The average molecular weight is 619 g/mol. The van der Waals surface area contributed by atoms with Crippen molar-refractivity contribution in [2.75, 3.05) is 6.61 Å². The Bertz CT molecular complexity index is 1130. The molecule has 0 spiro atoms. The maximum absolute atomic E-state index is 12.5. The first-order valence-electron chi connectivity index (χ1n) is 16.6. The van der Waals surface area contributed by atoms with Crippen molar-refractivity contribution < 1.29 is 43.2 Å². The fourth-order valence-corrected chi connectivity index (χ4v) is 9.88. The maximum Gasteiger partial charge on any atom is 0.303 e. The molecule has 1 N–H and O–H groups in total. The quantitative estimate of drug-likeness (QED) is 0.190. The molecule has 4 aliphatic rings. The highest BCUT2D eigenvalue weighted by molar-refractivity contribution is 5.68. The van der Waals surface area contributed by atoms with E-state index >= 15 is 0 Å². The number of fused-ring (bicyclic) bond motifs is 5. The van der Waals surface area contributed by atoms with E-state index in [1.54, 1.807) is 0 Å². The Kier molecular flexibility index (Phi) is 10.6. The zero-order valence-electron chi connectivity index (χ0n) is 27.9. The minimum Gasteiger partial charge on any atom is -0.465 e. The summed E-state index contributed by atoms with van der Waals surface area (Å²) in [5.41, 5.74) is -0.0320. The number of carbonyl (C=O) groups excluding carboxylic acids is 4. The number of aliphatic hydroxyl groups is 1. The molecule has 0 amide bonds. The Labute approximate surface area is 262 Å². The van der Waals surface area contributed by atoms with Gasteiger partial charge in [0.2, 0.25) is 0 Å². The molecule has 0 unspecified atom stereocenters. The van der Waals surface area contributed by atoms with Crippen LogP contribution in [0.2, 0.25) is 0 Å². The highest BCUT2D eigenvalue weighted by Gasteiger charge is 2.67. The number of rotatable bonds is 10. The maximum atomic E-state index is 12.5. The molecule has 0 saturated heterocycles. The zero-order valence-corrected chi connectivity index (χ0v) is 27.9. The van der Waals surface area contributed by atoms with Gasteiger partial charge in [-0.25, -0.2) is 0 Å². The Hall–Kier alpha value is -2.42. The third kappa shape index (κ3) is 6.87. The number of aliphatic hydroxyl groups excluding tert-OH is 1. The van der Waals surface area contributed by atoms with Crippen LogP contribution in [0.4, 0.5) is 0 Å². The van der Waals surface area contributed by atoms with E-state index in [0.717, 1.165) is 37.7 Å². The number of hydrogen-bond donors (Lipinski definition) is 1. The van der Waals surface area contributed by atoms with E-state index in [4.69, 9.17) is 18.9 Å². The molecule has 248 valence electrons. The van der Waals surface area contributed by atoms with E-state index in [1.165, 1.54) is 34.1 Å². The van der Waals surface area contributed by atoms with E-state index in [2.05, 4.69) is 27.7 Å². The van der Waals surface area contributed by atoms with Crippen LogP contribution in [0.5, 0.6) is 0 Å². The van der Waals surface area contributed by atoms with Gasteiger partial charge in [-0.1, -0.05) is 52.5 Å². The molecule has 9 heteroatoms. The monoisotopic (exact) mass is 618 g/mol. The predicted octanol–water partition coefficient (Wildman–Crippen LogP) is 5.56. The summed E-state index contributed by atoms with van der Waals surface area (Å²) in [5, 5.41) is 11.1. The lowest BCUT2D eigenvalue weighted by atomic mass is 9.45. The summed E-state index contributed by atoms with van der Waals surface area (Å²) in [6, 6.07) is 0. The number of carbonyl (C=O) groups is 4. The molecule has 4 rings (SSSR count). The second kappa shape index (κ2) is 13.5. The molecule has 0 heterocycles. The summed E-state index contributed by atoms with van der Waals surface area (Å²) in [4.78, 5) is 49.3. The molecule has 0 aliphatic heterocycles. The Morgan fingerprint density at radius 2 is 1.57 bits per heavy atom. The van der Waals surface area contributed by atoms with Crippen molar-refractivity contribution in [2.24, 2.45) is 46.3 Å². The Balaban J connectivity index is 1.82. The molecular formula is C35H54O9. The largest absolute Gasteiger partial charge is 0.465 e. The summed E-state index contributed by atoms with van der Waals surface area (Å²) in [6.07, 6.45) is 5.64. The molecule has 0 aromatic carbocycles. The molecule has 0 aromatic heterocycles. The van der Waals surface area contributed by atoms with Gasteiger partial charge in [0.25, 0.3) is 0 Å². The van der Waals surface area contributed by atoms with Crippen molar-refractivity contribution >= 4 is 23.9 Å². The first-order valence-corrected chi connectivity index (χ1v) is 16.6. The van der Waals surface area contributed by atoms with Gasteiger partial charge in [0, 0.05) is 44.9 Å². The summed E-state index contributed by atoms with van der Waals surface area (Å²) in [6.45, 7) is 14.8. The molecule has 0 aromatic rings. The van der Waals surface area contributed by atoms with Crippen LogP contribution in [0, 0.1) is 46.3 Å². The zero-order chi connectivity index (χ0) is 32.6. The fourth-order valence-electron chi connectivity index (χ4n) is 9.88. The van der Waals surface area contributed by atoms with Gasteiger partial charge in [-0.3, -0.25) is 19.2 Å². The molecule has 9 nitrogen and oxygen atoms in total. The highest BCUT2D eigenvalue weighted by Crippen LogP contribution is 2.68. The second-order valence-corrected chi connectivity index (χ2v) is 14.9. The number of ether oxygens (including phenoxy) is 4. The first-order chi connectivity index (χ1) is 20.6. The minimum absolute atomic E-state index is 0.0727. The standard InChI is InChI=1S/C35H54O9/c1-19(2)10-9-11-20(3)27-16-30(43-23(6)38)33-32-26(12-13-34(27,33)8)35(18-41-21(4)36)17-31(44-24(7)39)28(40)14-25(35)15-29(32)42-22(5)37/h15,19-20,26-33,40H,9-14,16-18H2,1-8H3/t20-,26-,27-,28+,29+,30-,31-,32+,33+,34-,35-/m1/s1. The lowest BCUT2D eigenvalue weighted by Crippen LogP contribution is -2.61. The molecular weight excluding hydrogens is 564 g/mol. The van der Waals surface area contributed by atoms with E-state index in [-0.39, 0.29) is 54.7 Å². The van der Waals surface area contributed by atoms with Crippen LogP contribution in [0.15, 0.2) is 11.6 Å². The van der Waals surface area contributed by atoms with Gasteiger partial charge in [-0.15, -0.1) is 0 Å². The molecule has 11 atom stereocenters. The summed E-state index contributed by atoms with van der Waals surface area (Å²) < 4.78 is 23.6. The average Bonchev–Trinajstić information content (AvgIpc) is 3.19. The molecule has 0 bridgehead atoms. The van der Waals surface area contributed by atoms with Crippen LogP contribution in [0.3, 0.4) is 0 Å². The lowest BCUT2D eigenvalue weighted by molar-refractivity contribution is -0.187. The summed E-state index contributed by atoms with van der Waals surface area (Å²) >= 11 is 0. The van der Waals surface area contributed by atoms with Crippen molar-refractivity contribution in [3.05, 3.63) is 11.6 Å². The van der Waals surface area contributed by atoms with E-state index < -0.39 is 41.6 Å². The number of hydrogen-bond acceptors (Lipinski definition) is 9. The van der Waals surface area contributed by atoms with Crippen LogP contribution >= 0.6 is 0 Å². The van der Waals surface area contributed by atoms with Crippen molar-refractivity contribution in [1.82, 2.24) is 0 Å². The first kappa shape index (κ1) is 34.5. The van der Waals surface area contributed by atoms with Crippen LogP contribution in [0.1, 0.15) is 107 Å². The molecule has 44 heavy (non-hydrogen) atoms. The van der Waals surface area contributed by atoms with Gasteiger partial charge in [0.05, 0.1) is 6.10 Å². The molecule has 3 fully saturated rings. The highest BCUT2D eigenvalue weighted by atomic mass is 16.6. The van der Waals surface area contributed by atoms with Crippen LogP contribution in [0.25, 0.3) is 0 Å². The molecule has 3 saturated carbocycles. The van der Waals surface area contributed by atoms with Crippen LogP contribution < -0.4 is 0 Å². The molecule has 0 radical (unpaired) electrons. The van der Waals surface area contributed by atoms with Crippen LogP contribution in [-0.4, -0.2) is 60.0 Å². The van der Waals surface area contributed by atoms with Crippen molar-refractivity contribution in [3.8, 4) is 0 Å². The second-order valence-electron chi connectivity index (χ2n) is 14.9. The topological polar surface area (TPSA) is 125 Å². The van der Waals surface area contributed by atoms with Gasteiger partial charge >= 0.3 is 23.9 Å². The van der Waals surface area contributed by atoms with Gasteiger partial charge in [0.1, 0.15) is 24.9 Å². The van der Waals surface area contributed by atoms with Crippen molar-refractivity contribution in [3.63, 3.8) is 0 Å². The van der Waals surface area contributed by atoms with Gasteiger partial charge in [-0.05, 0) is 67.3 Å². The Morgan fingerprint density at radius 1 is 0.932 bits per heavy atom. The SMILES string of the molecule is CC(=O)OC[C@]12C[C@@H](OC(C)=O)[C@@H](O)CC1=C[C@H](OC(C)=O)[C@H]1[C@@H]3[C@H](OC(C)=O)C[C@H]([C@H](C)CCCC(C)C)[C@@]3(C)CC[C@H]12. The molecule has 4 aliphatic carbocycles.